The molecule has 0 saturated heterocycles. The minimum absolute atomic E-state index is 0.380. The minimum atomic E-state index is 0.380. The fraction of sp³-hybridized carbons (Fsp3) is 0.625. The van der Waals surface area contributed by atoms with Crippen LogP contribution < -0.4 is 10.6 Å². The number of anilines is 1. The molecular weight excluding hydrogens is 234 g/mol. The van der Waals surface area contributed by atoms with Gasteiger partial charge >= 0.3 is 0 Å². The van der Waals surface area contributed by atoms with Crippen molar-refractivity contribution in [1.82, 2.24) is 4.90 Å². The molecule has 1 aliphatic carbocycles. The Labute approximate surface area is 117 Å². The van der Waals surface area contributed by atoms with Crippen molar-refractivity contribution in [2.75, 3.05) is 39.1 Å². The monoisotopic (exact) mass is 261 g/mol. The van der Waals surface area contributed by atoms with Crippen molar-refractivity contribution in [3.8, 4) is 0 Å². The molecule has 0 radical (unpaired) electrons. The predicted molar refractivity (Wildman–Crippen MR) is 82.7 cm³/mol. The highest BCUT2D eigenvalue weighted by Gasteiger charge is 2.39. The van der Waals surface area contributed by atoms with E-state index in [2.05, 4.69) is 55.2 Å². The minimum Gasteiger partial charge on any atom is -0.373 e. The van der Waals surface area contributed by atoms with Gasteiger partial charge in [0.2, 0.25) is 0 Å². The van der Waals surface area contributed by atoms with Gasteiger partial charge in [-0.05, 0) is 64.0 Å². The normalized spacial score (nSPS) is 17.3. The number of hydrogen-bond donors (Lipinski definition) is 1. The van der Waals surface area contributed by atoms with E-state index in [1.54, 1.807) is 0 Å². The zero-order valence-electron chi connectivity index (χ0n) is 12.5. The molecule has 0 heterocycles. The summed E-state index contributed by atoms with van der Waals surface area (Å²) in [6.45, 7) is 1.83. The van der Waals surface area contributed by atoms with E-state index >= 15 is 0 Å². The van der Waals surface area contributed by atoms with Gasteiger partial charge in [0.25, 0.3) is 0 Å². The van der Waals surface area contributed by atoms with Crippen LogP contribution >= 0.6 is 0 Å². The van der Waals surface area contributed by atoms with Crippen LogP contribution in [0.1, 0.15) is 24.8 Å². The van der Waals surface area contributed by atoms with Crippen molar-refractivity contribution in [3.63, 3.8) is 0 Å². The van der Waals surface area contributed by atoms with E-state index in [1.807, 2.05) is 0 Å². The lowest BCUT2D eigenvalue weighted by Gasteiger charge is -2.49. The van der Waals surface area contributed by atoms with Crippen molar-refractivity contribution in [2.45, 2.75) is 31.2 Å². The fourth-order valence-corrected chi connectivity index (χ4v) is 2.95. The van der Waals surface area contributed by atoms with Crippen LogP contribution in [-0.2, 0) is 6.42 Å². The van der Waals surface area contributed by atoms with E-state index in [1.165, 1.54) is 30.5 Å². The highest BCUT2D eigenvalue weighted by molar-refractivity contribution is 5.47. The highest BCUT2D eigenvalue weighted by Crippen LogP contribution is 2.37. The van der Waals surface area contributed by atoms with Gasteiger partial charge in [0.05, 0.1) is 0 Å². The Morgan fingerprint density at radius 3 is 2.16 bits per heavy atom. The average molecular weight is 261 g/mol. The third kappa shape index (κ3) is 3.10. The molecule has 1 aliphatic rings. The van der Waals surface area contributed by atoms with Gasteiger partial charge < -0.3 is 15.5 Å². The summed E-state index contributed by atoms with van der Waals surface area (Å²) in [4.78, 5) is 4.78. The highest BCUT2D eigenvalue weighted by atomic mass is 15.2. The number of rotatable bonds is 6. The van der Waals surface area contributed by atoms with Gasteiger partial charge in [-0.3, -0.25) is 0 Å². The number of nitrogens with two attached hydrogens (primary N) is 1. The average Bonchev–Trinajstić information content (AvgIpc) is 2.34. The number of benzene rings is 1. The lowest BCUT2D eigenvalue weighted by Crippen LogP contribution is -2.56. The third-order valence-electron chi connectivity index (χ3n) is 4.57. The van der Waals surface area contributed by atoms with Crippen LogP contribution in [0.5, 0.6) is 0 Å². The summed E-state index contributed by atoms with van der Waals surface area (Å²) in [5.41, 5.74) is 8.59. The Hall–Kier alpha value is -1.06. The summed E-state index contributed by atoms with van der Waals surface area (Å²) in [6.07, 6.45) is 4.96. The molecule has 1 aromatic rings. The molecule has 19 heavy (non-hydrogen) atoms. The number of nitrogens with zero attached hydrogens (tertiary/aromatic N) is 2. The molecule has 3 nitrogen and oxygen atoms in total. The van der Waals surface area contributed by atoms with E-state index in [-0.39, 0.29) is 0 Å². The molecule has 3 heteroatoms. The Bertz CT molecular complexity index is 393. The summed E-state index contributed by atoms with van der Waals surface area (Å²) in [6, 6.07) is 8.82. The topological polar surface area (TPSA) is 32.5 Å². The first-order valence-corrected chi connectivity index (χ1v) is 7.25. The van der Waals surface area contributed by atoms with Crippen LogP contribution in [0.15, 0.2) is 24.3 Å². The zero-order chi connectivity index (χ0) is 13.9. The van der Waals surface area contributed by atoms with Crippen LogP contribution in [0.2, 0.25) is 0 Å². The second-order valence-corrected chi connectivity index (χ2v) is 6.03. The van der Waals surface area contributed by atoms with Crippen LogP contribution in [-0.4, -0.2) is 44.7 Å². The third-order valence-corrected chi connectivity index (χ3v) is 4.57. The Balaban J connectivity index is 2.01. The van der Waals surface area contributed by atoms with Crippen molar-refractivity contribution in [3.05, 3.63) is 29.8 Å². The largest absolute Gasteiger partial charge is 0.373 e. The van der Waals surface area contributed by atoms with Gasteiger partial charge in [0, 0.05) is 24.8 Å². The van der Waals surface area contributed by atoms with Crippen molar-refractivity contribution >= 4 is 5.69 Å². The molecule has 1 aromatic carbocycles. The van der Waals surface area contributed by atoms with E-state index in [0.29, 0.717) is 5.54 Å². The summed E-state index contributed by atoms with van der Waals surface area (Å²) in [5.74, 6) is 0. The molecule has 2 N–H and O–H groups in total. The lowest BCUT2D eigenvalue weighted by atomic mass is 9.75. The van der Waals surface area contributed by atoms with Gasteiger partial charge in [-0.15, -0.1) is 0 Å². The molecule has 0 aliphatic heterocycles. The maximum atomic E-state index is 5.58. The Kier molecular flexibility index (Phi) is 4.48. The van der Waals surface area contributed by atoms with E-state index in [9.17, 15) is 0 Å². The molecule has 1 saturated carbocycles. The molecule has 106 valence electrons. The van der Waals surface area contributed by atoms with Crippen LogP contribution in [0.3, 0.4) is 0 Å². The molecule has 0 aromatic heterocycles. The fourth-order valence-electron chi connectivity index (χ4n) is 2.95. The van der Waals surface area contributed by atoms with Crippen LogP contribution in [0.25, 0.3) is 0 Å². The Morgan fingerprint density at radius 1 is 1.11 bits per heavy atom. The van der Waals surface area contributed by atoms with Gasteiger partial charge in [-0.25, -0.2) is 0 Å². The quantitative estimate of drug-likeness (QED) is 0.851. The first-order valence-electron chi connectivity index (χ1n) is 7.25. The molecule has 0 atom stereocenters. The van der Waals surface area contributed by atoms with E-state index in [0.717, 1.165) is 19.5 Å². The SMILES string of the molecule is CN(CC1(N(C)C)CCC1)c1ccc(CCN)cc1. The van der Waals surface area contributed by atoms with Crippen molar-refractivity contribution in [2.24, 2.45) is 5.73 Å². The zero-order valence-corrected chi connectivity index (χ0v) is 12.5. The predicted octanol–water partition coefficient (Wildman–Crippen LogP) is 2.11. The second-order valence-electron chi connectivity index (χ2n) is 6.03. The van der Waals surface area contributed by atoms with E-state index < -0.39 is 0 Å². The first kappa shape index (κ1) is 14.4. The lowest BCUT2D eigenvalue weighted by molar-refractivity contribution is 0.0683. The maximum absolute atomic E-state index is 5.58. The number of hydrogen-bond acceptors (Lipinski definition) is 3. The van der Waals surface area contributed by atoms with Crippen LogP contribution in [0.4, 0.5) is 5.69 Å². The standard InChI is InChI=1S/C16H27N3/c1-18(2)16(10-4-11-16)13-19(3)15-7-5-14(6-8-15)9-12-17/h5-8H,4,9-13,17H2,1-3H3. The summed E-state index contributed by atoms with van der Waals surface area (Å²) in [5, 5.41) is 0. The Morgan fingerprint density at radius 2 is 1.74 bits per heavy atom. The summed E-state index contributed by atoms with van der Waals surface area (Å²) < 4.78 is 0. The molecular formula is C16H27N3. The summed E-state index contributed by atoms with van der Waals surface area (Å²) in [7, 11) is 6.61. The van der Waals surface area contributed by atoms with Crippen LogP contribution in [0, 0.1) is 0 Å². The van der Waals surface area contributed by atoms with Gasteiger partial charge in [-0.2, -0.15) is 0 Å². The summed E-state index contributed by atoms with van der Waals surface area (Å²) >= 11 is 0. The van der Waals surface area contributed by atoms with Crippen molar-refractivity contribution in [1.29, 1.82) is 0 Å². The molecule has 1 fully saturated rings. The van der Waals surface area contributed by atoms with Gasteiger partial charge in [0.15, 0.2) is 0 Å². The molecule has 2 rings (SSSR count). The molecule has 0 spiro atoms. The van der Waals surface area contributed by atoms with Crippen molar-refractivity contribution < 1.29 is 0 Å². The molecule has 0 unspecified atom stereocenters. The smallest absolute Gasteiger partial charge is 0.0378 e. The van der Waals surface area contributed by atoms with Gasteiger partial charge in [-0.1, -0.05) is 12.1 Å². The number of likely N-dealkylation sites (N-methyl/N-ethyl adjacent to an activating group) is 2. The molecule has 0 amide bonds. The molecule has 0 bridgehead atoms. The maximum Gasteiger partial charge on any atom is 0.0378 e. The van der Waals surface area contributed by atoms with Gasteiger partial charge in [0.1, 0.15) is 0 Å². The van der Waals surface area contributed by atoms with E-state index in [4.69, 9.17) is 5.73 Å². The first-order chi connectivity index (χ1) is 9.07. The second kappa shape index (κ2) is 5.93.